The van der Waals surface area contributed by atoms with Crippen LogP contribution in [-0.4, -0.2) is 62.4 Å². The summed E-state index contributed by atoms with van der Waals surface area (Å²) in [6, 6.07) is 21.4. The molecule has 6 heteroatoms. The first-order valence-corrected chi connectivity index (χ1v) is 18.9. The zero-order valence-electron chi connectivity index (χ0n) is 30.4. The van der Waals surface area contributed by atoms with Gasteiger partial charge in [-0.25, -0.2) is 0 Å². The number of fused-ring (bicyclic) bond motifs is 2. The van der Waals surface area contributed by atoms with Crippen LogP contribution in [0.4, 0.5) is 0 Å². The van der Waals surface area contributed by atoms with Crippen LogP contribution in [0.5, 0.6) is 0 Å². The third kappa shape index (κ3) is 6.11. The van der Waals surface area contributed by atoms with Crippen molar-refractivity contribution in [1.82, 2.24) is 0 Å². The SMILES string of the molecule is CC1(C)[C@@H]2O[C@@H](Cc3ccccc3)CC[C@@]2(C)CCC12OCCO2.CC1(C)[C@@H]2O[C@H](Cc3ccccc3)CC[C@@]2(C)CCC12OCCO2. The molecule has 0 aromatic heterocycles. The smallest absolute Gasteiger partial charge is 0.176 e. The van der Waals surface area contributed by atoms with Crippen LogP contribution in [0.1, 0.15) is 104 Å². The molecule has 6 aliphatic rings. The van der Waals surface area contributed by atoms with E-state index in [2.05, 4.69) is 102 Å². The van der Waals surface area contributed by atoms with Crippen molar-refractivity contribution >= 4 is 0 Å². The number of benzene rings is 2. The minimum atomic E-state index is -0.453. The Morgan fingerprint density at radius 2 is 0.833 bits per heavy atom. The van der Waals surface area contributed by atoms with Crippen molar-refractivity contribution in [3.05, 3.63) is 71.8 Å². The van der Waals surface area contributed by atoms with Crippen LogP contribution in [0, 0.1) is 21.7 Å². The topological polar surface area (TPSA) is 55.4 Å². The molecule has 48 heavy (non-hydrogen) atoms. The van der Waals surface area contributed by atoms with Gasteiger partial charge in [0, 0.05) is 23.7 Å². The van der Waals surface area contributed by atoms with E-state index in [0.29, 0.717) is 38.6 Å². The molecular formula is C42H60O6. The van der Waals surface area contributed by atoms with Crippen molar-refractivity contribution in [2.45, 2.75) is 142 Å². The Bertz CT molecular complexity index is 1260. The molecule has 4 saturated heterocycles. The average Bonchev–Trinajstić information content (AvgIpc) is 3.77. The van der Waals surface area contributed by atoms with Crippen LogP contribution < -0.4 is 0 Å². The Morgan fingerprint density at radius 3 is 1.19 bits per heavy atom. The van der Waals surface area contributed by atoms with Gasteiger partial charge in [-0.15, -0.1) is 0 Å². The zero-order chi connectivity index (χ0) is 33.7. The molecule has 2 aromatic rings. The highest BCUT2D eigenvalue weighted by atomic mass is 16.7. The van der Waals surface area contributed by atoms with Gasteiger partial charge in [-0.05, 0) is 73.3 Å². The molecule has 2 aliphatic carbocycles. The van der Waals surface area contributed by atoms with Gasteiger partial charge in [0.25, 0.3) is 0 Å². The largest absolute Gasteiger partial charge is 0.373 e. The number of rotatable bonds is 4. The van der Waals surface area contributed by atoms with Gasteiger partial charge in [-0.1, -0.05) is 102 Å². The van der Waals surface area contributed by atoms with E-state index >= 15 is 0 Å². The predicted octanol–water partition coefficient (Wildman–Crippen LogP) is 8.69. The molecule has 264 valence electrons. The lowest BCUT2D eigenvalue weighted by Gasteiger charge is -2.60. The van der Waals surface area contributed by atoms with Gasteiger partial charge in [0.15, 0.2) is 11.6 Å². The summed E-state index contributed by atoms with van der Waals surface area (Å²) in [5.41, 5.74) is 2.93. The van der Waals surface area contributed by atoms with E-state index in [4.69, 9.17) is 28.4 Å². The fourth-order valence-electron chi connectivity index (χ4n) is 10.6. The third-order valence-electron chi connectivity index (χ3n) is 13.4. The summed E-state index contributed by atoms with van der Waals surface area (Å²) in [6.45, 7) is 16.8. The summed E-state index contributed by atoms with van der Waals surface area (Å²) in [6.07, 6.45) is 11.9. The fourth-order valence-corrected chi connectivity index (χ4v) is 10.6. The second kappa shape index (κ2) is 13.1. The molecule has 0 N–H and O–H groups in total. The highest BCUT2D eigenvalue weighted by Crippen LogP contribution is 2.61. The van der Waals surface area contributed by atoms with Crippen LogP contribution in [0.25, 0.3) is 0 Å². The Kier molecular flexibility index (Phi) is 9.43. The van der Waals surface area contributed by atoms with E-state index in [1.165, 1.54) is 24.0 Å². The van der Waals surface area contributed by atoms with E-state index in [9.17, 15) is 0 Å². The maximum atomic E-state index is 6.74. The van der Waals surface area contributed by atoms with Crippen LogP contribution >= 0.6 is 0 Å². The average molecular weight is 661 g/mol. The molecule has 8 rings (SSSR count). The van der Waals surface area contributed by atoms with E-state index in [0.717, 1.165) is 51.4 Å². The van der Waals surface area contributed by atoms with Crippen molar-refractivity contribution in [1.29, 1.82) is 0 Å². The lowest BCUT2D eigenvalue weighted by atomic mass is 9.56. The van der Waals surface area contributed by atoms with E-state index < -0.39 is 11.6 Å². The summed E-state index contributed by atoms with van der Waals surface area (Å²) >= 11 is 0. The second-order valence-corrected chi connectivity index (χ2v) is 17.4. The molecule has 6 fully saturated rings. The van der Waals surface area contributed by atoms with Gasteiger partial charge in [0.1, 0.15) is 0 Å². The van der Waals surface area contributed by atoms with E-state index in [-0.39, 0.29) is 33.9 Å². The maximum Gasteiger partial charge on any atom is 0.176 e. The Balaban J connectivity index is 0.000000152. The normalized spacial score (nSPS) is 37.3. The first-order valence-electron chi connectivity index (χ1n) is 18.9. The van der Waals surface area contributed by atoms with Crippen LogP contribution in [0.2, 0.25) is 0 Å². The molecule has 4 aliphatic heterocycles. The summed E-state index contributed by atoms with van der Waals surface area (Å²) in [5.74, 6) is -0.905. The van der Waals surface area contributed by atoms with Gasteiger partial charge >= 0.3 is 0 Å². The third-order valence-corrected chi connectivity index (χ3v) is 13.4. The van der Waals surface area contributed by atoms with Gasteiger partial charge in [-0.3, -0.25) is 0 Å². The minimum Gasteiger partial charge on any atom is -0.373 e. The van der Waals surface area contributed by atoms with Crippen molar-refractivity contribution in [3.63, 3.8) is 0 Å². The quantitative estimate of drug-likeness (QED) is 0.327. The summed E-state index contributed by atoms with van der Waals surface area (Å²) in [5, 5.41) is 0. The number of ether oxygens (including phenoxy) is 6. The van der Waals surface area contributed by atoms with Gasteiger partial charge in [-0.2, -0.15) is 0 Å². The van der Waals surface area contributed by atoms with Crippen LogP contribution in [-0.2, 0) is 41.3 Å². The van der Waals surface area contributed by atoms with Gasteiger partial charge in [0.2, 0.25) is 0 Å². The minimum absolute atomic E-state index is 0.133. The van der Waals surface area contributed by atoms with Crippen molar-refractivity contribution < 1.29 is 28.4 Å². The molecule has 2 spiro atoms. The summed E-state index contributed by atoms with van der Waals surface area (Å²) in [7, 11) is 0. The predicted molar refractivity (Wildman–Crippen MR) is 188 cm³/mol. The molecular weight excluding hydrogens is 600 g/mol. The standard InChI is InChI=1S/2C21H30O3/c2*1-19(2)18-20(3,11-12-21(19)22-13-14-23-21)10-9-17(24-18)15-16-7-5-4-6-8-16/h2*4-8,17-18H,9-15H2,1-3H3/t17-,18+,20+;17-,18-,20-/m10/s1. The van der Waals surface area contributed by atoms with Crippen molar-refractivity contribution in [3.8, 4) is 0 Å². The number of hydrogen-bond acceptors (Lipinski definition) is 6. The lowest BCUT2D eigenvalue weighted by molar-refractivity contribution is -0.321. The van der Waals surface area contributed by atoms with Crippen LogP contribution in [0.3, 0.4) is 0 Å². The zero-order valence-corrected chi connectivity index (χ0v) is 30.4. The molecule has 0 radical (unpaired) electrons. The molecule has 0 bridgehead atoms. The van der Waals surface area contributed by atoms with Crippen molar-refractivity contribution in [2.75, 3.05) is 26.4 Å². The highest BCUT2D eigenvalue weighted by Gasteiger charge is 2.65. The summed E-state index contributed by atoms with van der Waals surface area (Å²) < 4.78 is 38.0. The monoisotopic (exact) mass is 660 g/mol. The van der Waals surface area contributed by atoms with Gasteiger partial charge < -0.3 is 28.4 Å². The molecule has 6 atom stereocenters. The maximum absolute atomic E-state index is 6.74. The molecule has 2 aromatic carbocycles. The first-order chi connectivity index (χ1) is 22.9. The molecule has 4 heterocycles. The van der Waals surface area contributed by atoms with Crippen molar-refractivity contribution in [2.24, 2.45) is 21.7 Å². The second-order valence-electron chi connectivity index (χ2n) is 17.4. The number of hydrogen-bond donors (Lipinski definition) is 0. The molecule has 0 unspecified atom stereocenters. The summed E-state index contributed by atoms with van der Waals surface area (Å²) in [4.78, 5) is 0. The Morgan fingerprint density at radius 1 is 0.479 bits per heavy atom. The Labute approximate surface area is 289 Å². The van der Waals surface area contributed by atoms with Gasteiger partial charge in [0.05, 0.1) is 50.8 Å². The van der Waals surface area contributed by atoms with E-state index in [1.54, 1.807) is 0 Å². The highest BCUT2D eigenvalue weighted by molar-refractivity contribution is 5.18. The lowest BCUT2D eigenvalue weighted by Crippen LogP contribution is -2.64. The fraction of sp³-hybridized carbons (Fsp3) is 0.714. The van der Waals surface area contributed by atoms with E-state index in [1.807, 2.05) is 0 Å². The molecule has 6 nitrogen and oxygen atoms in total. The Hall–Kier alpha value is -1.80. The molecule has 0 amide bonds. The van der Waals surface area contributed by atoms with Crippen LogP contribution in [0.15, 0.2) is 60.7 Å². The first kappa shape index (κ1) is 34.6. The molecule has 2 saturated carbocycles.